The van der Waals surface area contributed by atoms with Crippen LogP contribution >= 0.6 is 0 Å². The molecule has 3 atom stereocenters. The number of hydrogen-bond acceptors (Lipinski definition) is 5. The highest BCUT2D eigenvalue weighted by Crippen LogP contribution is 2.48. The molecule has 4 aromatic rings. The monoisotopic (exact) mass is 687 g/mol. The molecule has 260 valence electrons. The van der Waals surface area contributed by atoms with Gasteiger partial charge in [0.1, 0.15) is 22.9 Å². The summed E-state index contributed by atoms with van der Waals surface area (Å²) in [6.45, 7) is 3.42. The van der Waals surface area contributed by atoms with E-state index in [1.807, 2.05) is 6.92 Å². The summed E-state index contributed by atoms with van der Waals surface area (Å²) in [5.41, 5.74) is -2.47. The number of benzene rings is 2. The average molecular weight is 688 g/mol. The lowest BCUT2D eigenvalue weighted by Gasteiger charge is -2.17. The number of Topliss-reactive ketones (excluding diaryl/α,β-unsaturated/α-hetero) is 1. The smallest absolute Gasteiger partial charge is 0.420 e. The number of ketones is 1. The molecule has 0 spiro atoms. The molecule has 2 aliphatic rings. The molecule has 49 heavy (non-hydrogen) atoms. The summed E-state index contributed by atoms with van der Waals surface area (Å²) < 4.78 is 100. The van der Waals surface area contributed by atoms with Gasteiger partial charge in [0.05, 0.1) is 17.9 Å². The van der Waals surface area contributed by atoms with Crippen LogP contribution in [0.5, 0.6) is 11.6 Å². The number of ether oxygens (including phenoxy) is 2. The Labute approximate surface area is 278 Å². The second-order valence-corrected chi connectivity index (χ2v) is 12.9. The summed E-state index contributed by atoms with van der Waals surface area (Å²) in [5.74, 6) is -2.47. The highest BCUT2D eigenvalue weighted by atomic mass is 19.4. The zero-order valence-electron chi connectivity index (χ0n) is 27.1. The van der Waals surface area contributed by atoms with E-state index in [4.69, 9.17) is 9.47 Å². The SMILES string of the molecule is CC(F)Oc1ccc(C(=O)CCCc2c(-c3c(F)cc(C4CC4C)cc3F)n(C)n(-c3nc(OCC4CC4)ccc3C(F)(F)F)c2=O)cc1. The third-order valence-corrected chi connectivity index (χ3v) is 9.02. The van der Waals surface area contributed by atoms with Gasteiger partial charge < -0.3 is 9.47 Å². The van der Waals surface area contributed by atoms with E-state index in [9.17, 15) is 27.2 Å². The maximum Gasteiger partial charge on any atom is 0.420 e. The third kappa shape index (κ3) is 7.40. The predicted octanol–water partition coefficient (Wildman–Crippen LogP) is 8.35. The minimum Gasteiger partial charge on any atom is -0.477 e. The molecule has 3 unspecified atom stereocenters. The van der Waals surface area contributed by atoms with Crippen molar-refractivity contribution < 1.29 is 40.6 Å². The van der Waals surface area contributed by atoms with Gasteiger partial charge in [-0.2, -0.15) is 22.8 Å². The van der Waals surface area contributed by atoms with Gasteiger partial charge in [0, 0.05) is 37.6 Å². The highest BCUT2D eigenvalue weighted by molar-refractivity contribution is 5.96. The normalized spacial score (nSPS) is 18.0. The molecule has 6 rings (SSSR count). The largest absolute Gasteiger partial charge is 0.477 e. The van der Waals surface area contributed by atoms with Crippen molar-refractivity contribution in [1.82, 2.24) is 14.3 Å². The fourth-order valence-electron chi connectivity index (χ4n) is 6.12. The third-order valence-electron chi connectivity index (χ3n) is 9.02. The molecule has 13 heteroatoms. The van der Waals surface area contributed by atoms with Gasteiger partial charge in [-0.15, -0.1) is 0 Å². The van der Waals surface area contributed by atoms with Gasteiger partial charge in [-0.1, -0.05) is 6.92 Å². The number of carbonyl (C=O) groups is 1. The van der Waals surface area contributed by atoms with Crippen molar-refractivity contribution >= 4 is 5.78 Å². The van der Waals surface area contributed by atoms with Gasteiger partial charge in [0.25, 0.3) is 5.56 Å². The molecule has 0 saturated heterocycles. The maximum absolute atomic E-state index is 15.8. The number of hydrogen-bond donors (Lipinski definition) is 0. The summed E-state index contributed by atoms with van der Waals surface area (Å²) in [7, 11) is 1.24. The molecule has 2 aromatic heterocycles. The Morgan fingerprint density at radius 2 is 1.71 bits per heavy atom. The van der Waals surface area contributed by atoms with Gasteiger partial charge in [0.15, 0.2) is 11.6 Å². The Bertz CT molecular complexity index is 1910. The van der Waals surface area contributed by atoms with E-state index in [0.717, 1.165) is 36.1 Å². The zero-order chi connectivity index (χ0) is 35.2. The van der Waals surface area contributed by atoms with E-state index >= 15 is 8.78 Å². The molecule has 2 fully saturated rings. The van der Waals surface area contributed by atoms with Crippen molar-refractivity contribution in [2.24, 2.45) is 18.9 Å². The van der Waals surface area contributed by atoms with Crippen LogP contribution in [0.1, 0.15) is 78.9 Å². The van der Waals surface area contributed by atoms with Crippen LogP contribution in [0.15, 0.2) is 53.3 Å². The van der Waals surface area contributed by atoms with Gasteiger partial charge in [-0.05, 0) is 97.9 Å². The molecule has 2 aromatic carbocycles. The lowest BCUT2D eigenvalue weighted by Crippen LogP contribution is -2.26. The lowest BCUT2D eigenvalue weighted by molar-refractivity contribution is -0.137. The van der Waals surface area contributed by atoms with E-state index in [1.54, 1.807) is 0 Å². The van der Waals surface area contributed by atoms with Crippen LogP contribution in [0.25, 0.3) is 17.1 Å². The van der Waals surface area contributed by atoms with E-state index in [0.29, 0.717) is 10.2 Å². The molecule has 2 heterocycles. The number of carbonyl (C=O) groups excluding carboxylic acids is 1. The second-order valence-electron chi connectivity index (χ2n) is 12.9. The average Bonchev–Trinajstić information content (AvgIpc) is 3.96. The molecule has 2 aliphatic carbocycles. The van der Waals surface area contributed by atoms with Crippen molar-refractivity contribution in [2.75, 3.05) is 6.61 Å². The summed E-state index contributed by atoms with van der Waals surface area (Å²) in [5, 5.41) is 0. The van der Waals surface area contributed by atoms with E-state index < -0.39 is 46.7 Å². The Morgan fingerprint density at radius 1 is 1.06 bits per heavy atom. The summed E-state index contributed by atoms with van der Waals surface area (Å²) in [6.07, 6.45) is -4.14. The maximum atomic E-state index is 15.8. The number of aromatic nitrogens is 3. The quantitative estimate of drug-likeness (QED) is 0.104. The molecular weight excluding hydrogens is 652 g/mol. The first-order valence-electron chi connectivity index (χ1n) is 16.2. The van der Waals surface area contributed by atoms with Gasteiger partial charge in [0.2, 0.25) is 12.2 Å². The fraction of sp³-hybridized carbons (Fsp3) is 0.417. The fourth-order valence-corrected chi connectivity index (χ4v) is 6.12. The first-order chi connectivity index (χ1) is 23.2. The Hall–Kier alpha value is -4.55. The number of halogens is 6. The van der Waals surface area contributed by atoms with Crippen molar-refractivity contribution in [3.8, 4) is 28.7 Å². The van der Waals surface area contributed by atoms with Crippen molar-refractivity contribution in [1.29, 1.82) is 0 Å². The molecule has 0 bridgehead atoms. The Balaban J connectivity index is 1.40. The molecular formula is C36H35F6N3O4. The first-order valence-corrected chi connectivity index (χ1v) is 16.2. The molecule has 0 amide bonds. The van der Waals surface area contributed by atoms with Gasteiger partial charge in [-0.25, -0.2) is 13.2 Å². The molecule has 0 N–H and O–H groups in total. The van der Waals surface area contributed by atoms with Crippen LogP contribution in [0.4, 0.5) is 26.3 Å². The minimum absolute atomic E-state index is 0.0186. The van der Waals surface area contributed by atoms with Crippen LogP contribution in [0, 0.1) is 23.5 Å². The van der Waals surface area contributed by atoms with E-state index in [2.05, 4.69) is 4.98 Å². The highest BCUT2D eigenvalue weighted by Gasteiger charge is 2.39. The summed E-state index contributed by atoms with van der Waals surface area (Å²) in [6, 6.07) is 10.0. The van der Waals surface area contributed by atoms with E-state index in [1.165, 1.54) is 50.4 Å². The standard InChI is InChI=1S/C36H35F6N3O4/c1-19-15-26(19)23-16-28(38)32(29(39)17-23)33-25(5-4-6-30(46)22-9-11-24(12-10-22)49-20(2)37)35(47)45(44(33)3)34-27(36(40,41)42)13-14-31(43-34)48-18-21-7-8-21/h9-14,16-17,19-21,26H,4-8,15,18H2,1-3H3. The second kappa shape index (κ2) is 13.4. The number of pyridine rings is 1. The molecule has 0 aliphatic heterocycles. The van der Waals surface area contributed by atoms with Crippen molar-refractivity contribution in [3.63, 3.8) is 0 Å². The van der Waals surface area contributed by atoms with Crippen LogP contribution in [-0.4, -0.2) is 33.1 Å². The zero-order valence-corrected chi connectivity index (χ0v) is 27.1. The van der Waals surface area contributed by atoms with Gasteiger partial charge in [-0.3, -0.25) is 14.3 Å². The minimum atomic E-state index is -4.93. The number of nitrogens with zero attached hydrogens (tertiary/aromatic N) is 3. The van der Waals surface area contributed by atoms with E-state index in [-0.39, 0.29) is 77.9 Å². The first kappa shape index (κ1) is 34.3. The molecule has 0 radical (unpaired) electrons. The topological polar surface area (TPSA) is 75.3 Å². The number of alkyl halides is 4. The van der Waals surface area contributed by atoms with Crippen LogP contribution in [-0.2, 0) is 19.6 Å². The summed E-state index contributed by atoms with van der Waals surface area (Å²) >= 11 is 0. The lowest BCUT2D eigenvalue weighted by atomic mass is 9.98. The summed E-state index contributed by atoms with van der Waals surface area (Å²) in [4.78, 5) is 31.1. The van der Waals surface area contributed by atoms with Crippen LogP contribution < -0.4 is 15.0 Å². The Morgan fingerprint density at radius 3 is 2.29 bits per heavy atom. The van der Waals surface area contributed by atoms with Gasteiger partial charge >= 0.3 is 6.18 Å². The van der Waals surface area contributed by atoms with Crippen molar-refractivity contribution in [3.05, 3.63) is 92.8 Å². The van der Waals surface area contributed by atoms with Crippen LogP contribution in [0.2, 0.25) is 0 Å². The predicted molar refractivity (Wildman–Crippen MR) is 169 cm³/mol. The number of rotatable bonds is 13. The molecule has 2 saturated carbocycles. The molecule has 7 nitrogen and oxygen atoms in total. The van der Waals surface area contributed by atoms with Crippen LogP contribution in [0.3, 0.4) is 0 Å². The Kier molecular flexibility index (Phi) is 9.38. The van der Waals surface area contributed by atoms with Crippen molar-refractivity contribution in [2.45, 2.75) is 70.8 Å².